The zero-order valence-electron chi connectivity index (χ0n) is 13.8. The van der Waals surface area contributed by atoms with E-state index in [0.717, 1.165) is 23.3 Å². The minimum Gasteiger partial charge on any atom is -0.493 e. The molecule has 1 aromatic carbocycles. The average molecular weight is 317 g/mol. The lowest BCUT2D eigenvalue weighted by atomic mass is 10.1. The molecule has 2 aromatic rings. The molecule has 0 spiro atoms. The molecular formula is C17H23N3O3. The van der Waals surface area contributed by atoms with Crippen LogP contribution in [0.3, 0.4) is 0 Å². The summed E-state index contributed by atoms with van der Waals surface area (Å²) in [5.41, 5.74) is 1.96. The lowest BCUT2D eigenvalue weighted by Gasteiger charge is -2.13. The highest BCUT2D eigenvalue weighted by Gasteiger charge is 2.07. The molecule has 0 aliphatic carbocycles. The van der Waals surface area contributed by atoms with Crippen molar-refractivity contribution < 1.29 is 9.47 Å². The highest BCUT2D eigenvalue weighted by molar-refractivity contribution is 5.41. The Morgan fingerprint density at radius 2 is 2.13 bits per heavy atom. The van der Waals surface area contributed by atoms with E-state index in [2.05, 4.69) is 10.3 Å². The van der Waals surface area contributed by atoms with Gasteiger partial charge in [0.15, 0.2) is 5.82 Å². The molecule has 0 amide bonds. The Morgan fingerprint density at radius 3 is 2.91 bits per heavy atom. The Morgan fingerprint density at radius 1 is 1.30 bits per heavy atom. The van der Waals surface area contributed by atoms with Gasteiger partial charge in [0.1, 0.15) is 5.75 Å². The third-order valence-electron chi connectivity index (χ3n) is 3.44. The van der Waals surface area contributed by atoms with Gasteiger partial charge in [-0.3, -0.25) is 4.79 Å². The fourth-order valence-corrected chi connectivity index (χ4v) is 2.13. The van der Waals surface area contributed by atoms with Gasteiger partial charge in [0.05, 0.1) is 6.61 Å². The number of methoxy groups -OCH3 is 1. The second-order valence-corrected chi connectivity index (χ2v) is 5.35. The van der Waals surface area contributed by atoms with Crippen LogP contribution in [-0.2, 0) is 18.3 Å². The Labute approximate surface area is 136 Å². The van der Waals surface area contributed by atoms with Crippen molar-refractivity contribution in [2.75, 3.05) is 25.6 Å². The van der Waals surface area contributed by atoms with Gasteiger partial charge in [0, 0.05) is 51.7 Å². The predicted molar refractivity (Wildman–Crippen MR) is 90.0 cm³/mol. The summed E-state index contributed by atoms with van der Waals surface area (Å²) in [6.07, 6.45) is 4.06. The van der Waals surface area contributed by atoms with Gasteiger partial charge < -0.3 is 19.4 Å². The lowest BCUT2D eigenvalue weighted by Crippen LogP contribution is -2.21. The first-order chi connectivity index (χ1) is 11.1. The molecule has 2 rings (SSSR count). The molecule has 6 nitrogen and oxygen atoms in total. The van der Waals surface area contributed by atoms with Crippen LogP contribution in [-0.4, -0.2) is 29.9 Å². The van der Waals surface area contributed by atoms with E-state index in [4.69, 9.17) is 9.47 Å². The van der Waals surface area contributed by atoms with Crippen LogP contribution >= 0.6 is 0 Å². The smallest absolute Gasteiger partial charge is 0.293 e. The van der Waals surface area contributed by atoms with Gasteiger partial charge in [-0.2, -0.15) is 0 Å². The van der Waals surface area contributed by atoms with E-state index in [1.807, 2.05) is 25.1 Å². The predicted octanol–water partition coefficient (Wildman–Crippen LogP) is 2.12. The number of anilines is 1. The summed E-state index contributed by atoms with van der Waals surface area (Å²) in [6.45, 7) is 3.76. The van der Waals surface area contributed by atoms with Gasteiger partial charge in [0.2, 0.25) is 0 Å². The van der Waals surface area contributed by atoms with E-state index in [0.29, 0.717) is 25.6 Å². The SMILES string of the molecule is COCCCOc1cc(C)ccc1CNc1nccn(C)c1=O. The van der Waals surface area contributed by atoms with Crippen molar-refractivity contribution in [2.24, 2.45) is 7.05 Å². The molecule has 0 atom stereocenters. The Balaban J connectivity index is 2.06. The minimum atomic E-state index is -0.151. The average Bonchev–Trinajstić information content (AvgIpc) is 2.54. The first kappa shape index (κ1) is 17.0. The Hall–Kier alpha value is -2.34. The van der Waals surface area contributed by atoms with Crippen LogP contribution in [0, 0.1) is 6.92 Å². The molecule has 124 valence electrons. The number of nitrogens with zero attached hydrogens (tertiary/aromatic N) is 2. The number of aromatic nitrogens is 2. The van der Waals surface area contributed by atoms with Crippen molar-refractivity contribution in [2.45, 2.75) is 19.9 Å². The summed E-state index contributed by atoms with van der Waals surface area (Å²) >= 11 is 0. The quantitative estimate of drug-likeness (QED) is 0.756. The number of ether oxygens (including phenoxy) is 2. The number of hydrogen-bond donors (Lipinski definition) is 1. The van der Waals surface area contributed by atoms with E-state index in [-0.39, 0.29) is 5.56 Å². The molecule has 0 saturated heterocycles. The highest BCUT2D eigenvalue weighted by Crippen LogP contribution is 2.21. The zero-order chi connectivity index (χ0) is 16.7. The second kappa shape index (κ2) is 8.33. The summed E-state index contributed by atoms with van der Waals surface area (Å²) < 4.78 is 12.4. The standard InChI is InChI=1S/C17H23N3O3/c1-13-5-6-14(15(11-13)23-10-4-9-22-3)12-19-16-17(21)20(2)8-7-18-16/h5-8,11H,4,9-10,12H2,1-3H3,(H,18,19). The summed E-state index contributed by atoms with van der Waals surface area (Å²) in [4.78, 5) is 16.1. The minimum absolute atomic E-state index is 0.151. The van der Waals surface area contributed by atoms with Crippen LogP contribution < -0.4 is 15.6 Å². The van der Waals surface area contributed by atoms with Crippen LogP contribution in [0.15, 0.2) is 35.4 Å². The number of benzene rings is 1. The molecule has 23 heavy (non-hydrogen) atoms. The summed E-state index contributed by atoms with van der Waals surface area (Å²) in [5, 5.41) is 3.08. The Bertz CT molecular complexity index is 698. The number of aryl methyl sites for hydroxylation is 2. The van der Waals surface area contributed by atoms with E-state index < -0.39 is 0 Å². The molecule has 0 aliphatic rings. The first-order valence-electron chi connectivity index (χ1n) is 7.58. The maximum atomic E-state index is 12.0. The summed E-state index contributed by atoms with van der Waals surface area (Å²) in [6, 6.07) is 6.03. The van der Waals surface area contributed by atoms with Crippen LogP contribution in [0.5, 0.6) is 5.75 Å². The fourth-order valence-electron chi connectivity index (χ4n) is 2.13. The molecule has 1 aromatic heterocycles. The van der Waals surface area contributed by atoms with Crippen molar-refractivity contribution in [1.82, 2.24) is 9.55 Å². The number of rotatable bonds is 8. The van der Waals surface area contributed by atoms with Gasteiger partial charge in [-0.25, -0.2) is 4.98 Å². The molecule has 0 saturated carbocycles. The third-order valence-corrected chi connectivity index (χ3v) is 3.44. The molecular weight excluding hydrogens is 294 g/mol. The van der Waals surface area contributed by atoms with Gasteiger partial charge in [-0.1, -0.05) is 12.1 Å². The second-order valence-electron chi connectivity index (χ2n) is 5.35. The largest absolute Gasteiger partial charge is 0.493 e. The van der Waals surface area contributed by atoms with Gasteiger partial charge >= 0.3 is 0 Å². The number of hydrogen-bond acceptors (Lipinski definition) is 5. The maximum absolute atomic E-state index is 12.0. The van der Waals surface area contributed by atoms with Crippen LogP contribution in [0.25, 0.3) is 0 Å². The molecule has 0 bridgehead atoms. The fraction of sp³-hybridized carbons (Fsp3) is 0.412. The summed E-state index contributed by atoms with van der Waals surface area (Å²) in [7, 11) is 3.38. The van der Waals surface area contributed by atoms with E-state index >= 15 is 0 Å². The third kappa shape index (κ3) is 4.82. The first-order valence-corrected chi connectivity index (χ1v) is 7.58. The van der Waals surface area contributed by atoms with Gasteiger partial charge in [0.25, 0.3) is 5.56 Å². The molecule has 1 N–H and O–H groups in total. The molecule has 0 radical (unpaired) electrons. The topological polar surface area (TPSA) is 65.4 Å². The van der Waals surface area contributed by atoms with E-state index in [1.54, 1.807) is 26.6 Å². The van der Waals surface area contributed by atoms with Gasteiger partial charge in [-0.15, -0.1) is 0 Å². The molecule has 0 fully saturated rings. The Kier molecular flexibility index (Phi) is 6.17. The summed E-state index contributed by atoms with van der Waals surface area (Å²) in [5.74, 6) is 1.15. The zero-order valence-corrected chi connectivity index (χ0v) is 13.8. The van der Waals surface area contributed by atoms with Crippen molar-refractivity contribution in [3.63, 3.8) is 0 Å². The van der Waals surface area contributed by atoms with Crippen molar-refractivity contribution >= 4 is 5.82 Å². The van der Waals surface area contributed by atoms with Gasteiger partial charge in [-0.05, 0) is 18.6 Å². The monoisotopic (exact) mass is 317 g/mol. The van der Waals surface area contributed by atoms with Crippen LogP contribution in [0.4, 0.5) is 5.82 Å². The van der Waals surface area contributed by atoms with Crippen molar-refractivity contribution in [3.05, 3.63) is 52.1 Å². The van der Waals surface area contributed by atoms with Crippen LogP contribution in [0.1, 0.15) is 17.5 Å². The normalized spacial score (nSPS) is 10.6. The molecule has 0 aliphatic heterocycles. The van der Waals surface area contributed by atoms with Crippen molar-refractivity contribution in [1.29, 1.82) is 0 Å². The highest BCUT2D eigenvalue weighted by atomic mass is 16.5. The molecule has 6 heteroatoms. The van der Waals surface area contributed by atoms with Crippen LogP contribution in [0.2, 0.25) is 0 Å². The molecule has 1 heterocycles. The van der Waals surface area contributed by atoms with Crippen molar-refractivity contribution in [3.8, 4) is 5.75 Å². The number of nitrogens with one attached hydrogen (secondary N) is 1. The van der Waals surface area contributed by atoms with E-state index in [9.17, 15) is 4.79 Å². The maximum Gasteiger partial charge on any atom is 0.293 e. The molecule has 0 unspecified atom stereocenters. The van der Waals surface area contributed by atoms with E-state index in [1.165, 1.54) is 4.57 Å². The lowest BCUT2D eigenvalue weighted by molar-refractivity contribution is 0.172.